The number of rotatable bonds is 4. The van der Waals surface area contributed by atoms with Crippen molar-refractivity contribution in [3.63, 3.8) is 0 Å². The van der Waals surface area contributed by atoms with Gasteiger partial charge in [0.2, 0.25) is 0 Å². The standard InChI is InChI=1S/C26H46O.CO/c1-19-3-7-21(8-4-19)23-11-15-25(16-12-23)27-26-17-13-24(14-18-26)22-9-5-20(2)6-10-22;1-2/h19-26H,3-18H2,1-2H3;. The molecule has 2 heteroatoms. The maximum absolute atomic E-state index is 7.50. The van der Waals surface area contributed by atoms with Crippen LogP contribution in [0.15, 0.2) is 0 Å². The van der Waals surface area contributed by atoms with Crippen LogP contribution in [0.3, 0.4) is 0 Å². The van der Waals surface area contributed by atoms with E-state index in [0.29, 0.717) is 12.2 Å². The molecule has 0 bridgehead atoms. The first kappa shape index (κ1) is 23.4. The van der Waals surface area contributed by atoms with E-state index >= 15 is 0 Å². The van der Waals surface area contributed by atoms with Gasteiger partial charge in [-0.2, -0.15) is 0 Å². The quantitative estimate of drug-likeness (QED) is 0.349. The van der Waals surface area contributed by atoms with Crippen molar-refractivity contribution in [3.8, 4) is 0 Å². The molecule has 0 aromatic heterocycles. The van der Waals surface area contributed by atoms with E-state index in [1.165, 1.54) is 103 Å². The molecule has 166 valence electrons. The zero-order valence-electron chi connectivity index (χ0n) is 19.2. The third kappa shape index (κ3) is 6.84. The Labute approximate surface area is 180 Å². The van der Waals surface area contributed by atoms with Crippen LogP contribution in [0.4, 0.5) is 0 Å². The van der Waals surface area contributed by atoms with Crippen molar-refractivity contribution in [2.45, 2.75) is 129 Å². The second kappa shape index (κ2) is 11.9. The van der Waals surface area contributed by atoms with E-state index in [4.69, 9.17) is 9.39 Å². The van der Waals surface area contributed by atoms with Crippen LogP contribution in [-0.4, -0.2) is 12.2 Å². The van der Waals surface area contributed by atoms with E-state index in [9.17, 15) is 0 Å². The third-order valence-electron chi connectivity index (χ3n) is 9.28. The van der Waals surface area contributed by atoms with Crippen LogP contribution >= 0.6 is 0 Å². The Balaban J connectivity index is 0.00000117. The normalized spacial score (nSPS) is 43.7. The summed E-state index contributed by atoms with van der Waals surface area (Å²) in [6.45, 7) is 9.40. The van der Waals surface area contributed by atoms with Crippen molar-refractivity contribution >= 4 is 0 Å². The van der Waals surface area contributed by atoms with Gasteiger partial charge in [0.25, 0.3) is 0 Å². The fourth-order valence-corrected chi connectivity index (χ4v) is 7.18. The van der Waals surface area contributed by atoms with Gasteiger partial charge in [-0.05, 0) is 113 Å². The zero-order chi connectivity index (χ0) is 20.6. The van der Waals surface area contributed by atoms with E-state index in [1.54, 1.807) is 0 Å². The molecule has 0 aromatic rings. The van der Waals surface area contributed by atoms with Crippen molar-refractivity contribution < 1.29 is 9.39 Å². The van der Waals surface area contributed by atoms with Crippen LogP contribution in [0.5, 0.6) is 0 Å². The summed E-state index contributed by atoms with van der Waals surface area (Å²) in [5.41, 5.74) is 0. The van der Waals surface area contributed by atoms with Gasteiger partial charge in [-0.25, -0.2) is 0 Å². The molecule has 0 heterocycles. The van der Waals surface area contributed by atoms with Crippen LogP contribution in [0, 0.1) is 42.2 Å². The second-order valence-electron chi connectivity index (χ2n) is 11.2. The van der Waals surface area contributed by atoms with Gasteiger partial charge in [0.1, 0.15) is 0 Å². The molecule has 0 unspecified atom stereocenters. The van der Waals surface area contributed by atoms with Crippen molar-refractivity contribution in [1.29, 1.82) is 0 Å². The van der Waals surface area contributed by atoms with Crippen LogP contribution in [-0.2, 0) is 9.39 Å². The molecule has 0 N–H and O–H groups in total. The average molecular weight is 403 g/mol. The van der Waals surface area contributed by atoms with Gasteiger partial charge in [-0.15, -0.1) is 0 Å². The van der Waals surface area contributed by atoms with Crippen LogP contribution < -0.4 is 0 Å². The molecule has 0 radical (unpaired) electrons. The molecule has 0 atom stereocenters. The summed E-state index contributed by atoms with van der Waals surface area (Å²) in [5, 5.41) is 0. The first-order chi connectivity index (χ1) is 14.2. The molecule has 4 fully saturated rings. The molecule has 0 spiro atoms. The molecule has 0 saturated heterocycles. The SMILES string of the molecule is CC1CCC(C2CCC(OC3CCC(C4CCC(C)CC4)CC3)CC2)CC1.[C-]#[O+]. The van der Waals surface area contributed by atoms with E-state index in [-0.39, 0.29) is 0 Å². The second-order valence-corrected chi connectivity index (χ2v) is 11.2. The van der Waals surface area contributed by atoms with Crippen LogP contribution in [0.1, 0.15) is 117 Å². The molecule has 0 aliphatic heterocycles. The number of hydrogen-bond donors (Lipinski definition) is 0. The van der Waals surface area contributed by atoms with E-state index in [0.717, 1.165) is 35.5 Å². The van der Waals surface area contributed by atoms with Crippen molar-refractivity contribution in [2.75, 3.05) is 0 Å². The molecule has 0 aromatic carbocycles. The first-order valence-electron chi connectivity index (χ1n) is 13.0. The monoisotopic (exact) mass is 402 g/mol. The zero-order valence-corrected chi connectivity index (χ0v) is 19.2. The van der Waals surface area contributed by atoms with Crippen molar-refractivity contribution in [3.05, 3.63) is 6.65 Å². The van der Waals surface area contributed by atoms with Crippen molar-refractivity contribution in [1.82, 2.24) is 0 Å². The molecule has 4 aliphatic carbocycles. The van der Waals surface area contributed by atoms with Crippen LogP contribution in [0.25, 0.3) is 0 Å². The van der Waals surface area contributed by atoms with Gasteiger partial charge in [0.05, 0.1) is 12.2 Å². The Morgan fingerprint density at radius 1 is 0.448 bits per heavy atom. The Bertz CT molecular complexity index is 414. The van der Waals surface area contributed by atoms with Gasteiger partial charge in [0.15, 0.2) is 0 Å². The molecular formula is C27H46O2. The summed E-state index contributed by atoms with van der Waals surface area (Å²) in [5.74, 6) is 6.15. The topological polar surface area (TPSA) is 29.1 Å². The van der Waals surface area contributed by atoms with Crippen LogP contribution in [0.2, 0.25) is 0 Å². The van der Waals surface area contributed by atoms with E-state index < -0.39 is 0 Å². The van der Waals surface area contributed by atoms with Gasteiger partial charge in [0, 0.05) is 0 Å². The Kier molecular flexibility index (Phi) is 9.60. The van der Waals surface area contributed by atoms with Gasteiger partial charge < -0.3 is 4.74 Å². The Hall–Kier alpha value is -0.300. The summed E-state index contributed by atoms with van der Waals surface area (Å²) in [6, 6.07) is 0. The molecule has 4 rings (SSSR count). The maximum atomic E-state index is 7.50. The Morgan fingerprint density at radius 2 is 0.690 bits per heavy atom. The molecule has 2 nitrogen and oxygen atoms in total. The van der Waals surface area contributed by atoms with Gasteiger partial charge in [-0.3, -0.25) is 0 Å². The minimum absolute atomic E-state index is 0.598. The summed E-state index contributed by atoms with van der Waals surface area (Å²) in [4.78, 5) is 0. The minimum atomic E-state index is 0.598. The average Bonchev–Trinajstić information content (AvgIpc) is 2.78. The summed E-state index contributed by atoms with van der Waals surface area (Å²) >= 11 is 0. The molecule has 4 saturated carbocycles. The molecular weight excluding hydrogens is 356 g/mol. The first-order valence-corrected chi connectivity index (χ1v) is 13.0. The fourth-order valence-electron chi connectivity index (χ4n) is 7.18. The summed E-state index contributed by atoms with van der Waals surface area (Å²) in [6.07, 6.45) is 24.5. The Morgan fingerprint density at radius 3 is 0.966 bits per heavy atom. The van der Waals surface area contributed by atoms with Crippen molar-refractivity contribution in [2.24, 2.45) is 35.5 Å². The predicted octanol–water partition coefficient (Wildman–Crippen LogP) is 7.74. The van der Waals surface area contributed by atoms with E-state index in [2.05, 4.69) is 20.5 Å². The molecule has 0 amide bonds. The van der Waals surface area contributed by atoms with Gasteiger partial charge in [-0.1, -0.05) is 39.5 Å². The third-order valence-corrected chi connectivity index (χ3v) is 9.28. The predicted molar refractivity (Wildman–Crippen MR) is 119 cm³/mol. The summed E-state index contributed by atoms with van der Waals surface area (Å²) < 4.78 is 14.1. The number of ether oxygens (including phenoxy) is 1. The molecule has 4 aliphatic rings. The molecule has 29 heavy (non-hydrogen) atoms. The number of hydrogen-bond acceptors (Lipinski definition) is 1. The summed E-state index contributed by atoms with van der Waals surface area (Å²) in [7, 11) is 0. The fraction of sp³-hybridized carbons (Fsp3) is 0.963. The van der Waals surface area contributed by atoms with E-state index in [1.807, 2.05) is 0 Å². The van der Waals surface area contributed by atoms with Gasteiger partial charge >= 0.3 is 11.3 Å².